The van der Waals surface area contributed by atoms with Crippen LogP contribution in [0.2, 0.25) is 0 Å². The van der Waals surface area contributed by atoms with E-state index >= 15 is 0 Å². The number of benzene rings is 2. The third kappa shape index (κ3) is 11.8. The molecule has 0 bridgehead atoms. The van der Waals surface area contributed by atoms with Gasteiger partial charge in [0.1, 0.15) is 17.2 Å². The van der Waals surface area contributed by atoms with Gasteiger partial charge < -0.3 is 14.2 Å². The summed E-state index contributed by atoms with van der Waals surface area (Å²) in [6, 6.07) is 14.9. The third-order valence-electron chi connectivity index (χ3n) is 6.83. The third-order valence-corrected chi connectivity index (χ3v) is 6.83. The summed E-state index contributed by atoms with van der Waals surface area (Å²) in [6.45, 7) is 5.90. The number of rotatable bonds is 20. The molecule has 40 heavy (non-hydrogen) atoms. The maximum Gasteiger partial charge on any atom is 0.363 e. The van der Waals surface area contributed by atoms with Gasteiger partial charge in [-0.1, -0.05) is 84.5 Å². The normalized spacial score (nSPS) is 10.8. The van der Waals surface area contributed by atoms with Crippen LogP contribution in [0.3, 0.4) is 0 Å². The molecule has 0 aliphatic heterocycles. The molecule has 6 nitrogen and oxygen atoms in total. The van der Waals surface area contributed by atoms with Crippen LogP contribution in [0.1, 0.15) is 108 Å². The van der Waals surface area contributed by atoms with E-state index in [4.69, 9.17) is 14.2 Å². The number of unbranched alkanes of at least 4 members (excludes halogenated alkanes) is 11. The first-order valence-corrected chi connectivity index (χ1v) is 15.2. The van der Waals surface area contributed by atoms with Gasteiger partial charge in [0, 0.05) is 5.56 Å². The Labute approximate surface area is 240 Å². The predicted molar refractivity (Wildman–Crippen MR) is 161 cm³/mol. The van der Waals surface area contributed by atoms with E-state index in [0.717, 1.165) is 36.5 Å². The molecule has 3 aromatic rings. The highest BCUT2D eigenvalue weighted by Gasteiger charge is 2.12. The summed E-state index contributed by atoms with van der Waals surface area (Å²) in [6.07, 6.45) is 19.2. The number of carbonyl (C=O) groups is 1. The topological polar surface area (TPSA) is 70.5 Å². The molecular weight excluding hydrogens is 500 g/mol. The summed E-state index contributed by atoms with van der Waals surface area (Å²) < 4.78 is 17.1. The lowest BCUT2D eigenvalue weighted by atomic mass is 10.1. The Kier molecular flexibility index (Phi) is 14.6. The number of aromatic nitrogens is 2. The summed E-state index contributed by atoms with van der Waals surface area (Å²) in [7, 11) is 0. The van der Waals surface area contributed by atoms with E-state index in [1.54, 1.807) is 18.3 Å². The molecule has 3 rings (SSSR count). The van der Waals surface area contributed by atoms with Gasteiger partial charge in [-0.2, -0.15) is 0 Å². The van der Waals surface area contributed by atoms with Crippen LogP contribution in [0.15, 0.2) is 60.9 Å². The van der Waals surface area contributed by atoms with Crippen molar-refractivity contribution < 1.29 is 19.0 Å². The Balaban J connectivity index is 1.37. The second-order valence-electron chi connectivity index (χ2n) is 10.3. The molecule has 1 aromatic heterocycles. The molecule has 0 amide bonds. The zero-order chi connectivity index (χ0) is 28.3. The van der Waals surface area contributed by atoms with Gasteiger partial charge in [-0.25, -0.2) is 9.78 Å². The predicted octanol–water partition coefficient (Wildman–Crippen LogP) is 9.23. The maximum absolute atomic E-state index is 12.6. The fourth-order valence-corrected chi connectivity index (χ4v) is 4.39. The fourth-order valence-electron chi connectivity index (χ4n) is 4.39. The number of esters is 1. The number of carbonyl (C=O) groups excluding carboxylic acids is 1. The molecule has 0 spiro atoms. The minimum Gasteiger partial charge on any atom is -0.494 e. The zero-order valence-electron chi connectivity index (χ0n) is 24.4. The van der Waals surface area contributed by atoms with Crippen LogP contribution in [-0.2, 0) is 0 Å². The number of hydrogen-bond donors (Lipinski definition) is 0. The Morgan fingerprint density at radius 3 is 1.55 bits per heavy atom. The van der Waals surface area contributed by atoms with Gasteiger partial charge in [-0.15, -0.1) is 0 Å². The van der Waals surface area contributed by atoms with E-state index in [1.165, 1.54) is 76.8 Å². The van der Waals surface area contributed by atoms with E-state index in [1.807, 2.05) is 36.4 Å². The molecule has 0 fully saturated rings. The van der Waals surface area contributed by atoms with Crippen LogP contribution in [0.25, 0.3) is 11.3 Å². The molecule has 0 saturated heterocycles. The van der Waals surface area contributed by atoms with Gasteiger partial charge in [0.2, 0.25) is 0 Å². The largest absolute Gasteiger partial charge is 0.494 e. The highest BCUT2D eigenvalue weighted by Crippen LogP contribution is 2.22. The van der Waals surface area contributed by atoms with Gasteiger partial charge in [-0.05, 0) is 61.4 Å². The van der Waals surface area contributed by atoms with Crippen molar-refractivity contribution in [1.82, 2.24) is 9.97 Å². The minimum atomic E-state index is -0.547. The second kappa shape index (κ2) is 18.8. The molecule has 0 radical (unpaired) electrons. The van der Waals surface area contributed by atoms with Crippen molar-refractivity contribution >= 4 is 5.97 Å². The fraction of sp³-hybridized carbons (Fsp3) is 0.500. The van der Waals surface area contributed by atoms with E-state index in [9.17, 15) is 4.79 Å². The maximum atomic E-state index is 12.6. The van der Waals surface area contributed by atoms with Crippen molar-refractivity contribution in [3.63, 3.8) is 0 Å². The summed E-state index contributed by atoms with van der Waals surface area (Å²) in [4.78, 5) is 21.2. The number of ether oxygens (including phenoxy) is 3. The molecule has 0 aliphatic rings. The van der Waals surface area contributed by atoms with Gasteiger partial charge in [0.05, 0.1) is 31.3 Å². The minimum absolute atomic E-state index is 0.154. The van der Waals surface area contributed by atoms with Crippen molar-refractivity contribution in [2.24, 2.45) is 0 Å². The van der Waals surface area contributed by atoms with Gasteiger partial charge >= 0.3 is 5.97 Å². The van der Waals surface area contributed by atoms with E-state index < -0.39 is 5.97 Å². The first-order valence-electron chi connectivity index (χ1n) is 15.2. The first-order chi connectivity index (χ1) is 19.7. The van der Waals surface area contributed by atoms with Crippen LogP contribution in [-0.4, -0.2) is 29.2 Å². The Hall–Kier alpha value is -3.41. The smallest absolute Gasteiger partial charge is 0.363 e. The van der Waals surface area contributed by atoms with E-state index in [2.05, 4.69) is 23.8 Å². The number of nitrogens with zero attached hydrogens (tertiary/aromatic N) is 2. The van der Waals surface area contributed by atoms with Gasteiger partial charge in [0.25, 0.3) is 0 Å². The van der Waals surface area contributed by atoms with Crippen molar-refractivity contribution in [2.45, 2.75) is 97.3 Å². The zero-order valence-corrected chi connectivity index (χ0v) is 24.4. The molecule has 0 unspecified atom stereocenters. The van der Waals surface area contributed by atoms with Crippen LogP contribution >= 0.6 is 0 Å². The Morgan fingerprint density at radius 1 is 0.575 bits per heavy atom. The average Bonchev–Trinajstić information content (AvgIpc) is 2.99. The van der Waals surface area contributed by atoms with Crippen molar-refractivity contribution in [2.75, 3.05) is 13.2 Å². The highest BCUT2D eigenvalue weighted by atomic mass is 16.5. The molecule has 0 N–H and O–H groups in total. The lowest BCUT2D eigenvalue weighted by molar-refractivity contribution is 0.0728. The molecule has 0 aliphatic carbocycles. The van der Waals surface area contributed by atoms with Gasteiger partial charge in [-0.3, -0.25) is 4.98 Å². The molecule has 0 saturated carbocycles. The molecule has 0 atom stereocenters. The molecule has 1 heterocycles. The van der Waals surface area contributed by atoms with Crippen LogP contribution in [0.4, 0.5) is 0 Å². The van der Waals surface area contributed by atoms with E-state index in [0.29, 0.717) is 18.1 Å². The summed E-state index contributed by atoms with van der Waals surface area (Å²) in [5.74, 6) is 1.51. The second-order valence-corrected chi connectivity index (χ2v) is 10.3. The van der Waals surface area contributed by atoms with Crippen LogP contribution in [0.5, 0.6) is 17.2 Å². The monoisotopic (exact) mass is 546 g/mol. The number of hydrogen-bond acceptors (Lipinski definition) is 6. The van der Waals surface area contributed by atoms with Crippen molar-refractivity contribution in [3.05, 3.63) is 66.6 Å². The quantitative estimate of drug-likeness (QED) is 0.0799. The van der Waals surface area contributed by atoms with Crippen molar-refractivity contribution in [3.8, 4) is 28.5 Å². The molecule has 216 valence electrons. The Bertz CT molecular complexity index is 1080. The van der Waals surface area contributed by atoms with Gasteiger partial charge in [0.15, 0.2) is 5.69 Å². The average molecular weight is 547 g/mol. The first kappa shape index (κ1) is 31.1. The Morgan fingerprint density at radius 2 is 1.05 bits per heavy atom. The SMILES string of the molecule is CCCCCCCCCOc1ccc(-c2cnc(C(=O)Oc3ccc(OCCCCCCCC)cc3)cn2)cc1. The van der Waals surface area contributed by atoms with Crippen LogP contribution in [0, 0.1) is 0 Å². The highest BCUT2D eigenvalue weighted by molar-refractivity contribution is 5.88. The summed E-state index contributed by atoms with van der Waals surface area (Å²) >= 11 is 0. The summed E-state index contributed by atoms with van der Waals surface area (Å²) in [5, 5.41) is 0. The lowest BCUT2D eigenvalue weighted by Gasteiger charge is -2.08. The molecule has 6 heteroatoms. The summed E-state index contributed by atoms with van der Waals surface area (Å²) in [5.41, 5.74) is 1.75. The standard InChI is InChI=1S/C34H46N2O4/c1-3-5-7-9-11-13-15-24-38-29-18-16-28(17-19-29)32-26-36-33(27-35-32)34(37)40-31-22-20-30(21-23-31)39-25-14-12-10-8-6-4-2/h16-23,26-27H,3-15,24-25H2,1-2H3. The molecule has 2 aromatic carbocycles. The molecular formula is C34H46N2O4. The van der Waals surface area contributed by atoms with Crippen molar-refractivity contribution in [1.29, 1.82) is 0 Å². The van der Waals surface area contributed by atoms with E-state index in [-0.39, 0.29) is 5.69 Å². The van der Waals surface area contributed by atoms with Crippen LogP contribution < -0.4 is 14.2 Å². The lowest BCUT2D eigenvalue weighted by Crippen LogP contribution is -2.11.